The molecule has 20 heavy (non-hydrogen) atoms. The van der Waals surface area contributed by atoms with Gasteiger partial charge in [0.25, 0.3) is 0 Å². The van der Waals surface area contributed by atoms with Gasteiger partial charge in [0.05, 0.1) is 10.9 Å². The Bertz CT molecular complexity index is 439. The van der Waals surface area contributed by atoms with Gasteiger partial charge in [-0.05, 0) is 37.9 Å². The summed E-state index contributed by atoms with van der Waals surface area (Å²) in [5.41, 5.74) is 0. The molecule has 1 amide bonds. The number of carbonyl (C=O) groups is 1. The average Bonchev–Trinajstić information content (AvgIpc) is 2.48. The Balaban J connectivity index is 1.86. The number of nitrogens with zero attached hydrogens (tertiary/aromatic N) is 2. The normalized spacial score (nSPS) is 19.8. The number of amides is 1. The van der Waals surface area contributed by atoms with Crippen molar-refractivity contribution >= 4 is 23.3 Å². The lowest BCUT2D eigenvalue weighted by Gasteiger charge is -2.31. The van der Waals surface area contributed by atoms with Crippen LogP contribution in [0.5, 0.6) is 0 Å². The molecule has 0 saturated carbocycles. The van der Waals surface area contributed by atoms with Crippen molar-refractivity contribution in [3.05, 3.63) is 23.4 Å². The van der Waals surface area contributed by atoms with Gasteiger partial charge in [0.2, 0.25) is 5.91 Å². The van der Waals surface area contributed by atoms with Gasteiger partial charge in [-0.25, -0.2) is 4.98 Å². The van der Waals surface area contributed by atoms with E-state index in [-0.39, 0.29) is 18.4 Å². The summed E-state index contributed by atoms with van der Waals surface area (Å²) in [6, 6.07) is 3.41. The number of halogens is 1. The second kappa shape index (κ2) is 7.57. The van der Waals surface area contributed by atoms with Crippen LogP contribution in [0.15, 0.2) is 18.3 Å². The third kappa shape index (κ3) is 4.44. The van der Waals surface area contributed by atoms with Crippen molar-refractivity contribution in [1.82, 2.24) is 9.88 Å². The van der Waals surface area contributed by atoms with E-state index >= 15 is 0 Å². The molecule has 110 valence electrons. The number of aliphatic hydroxyl groups is 1. The van der Waals surface area contributed by atoms with Crippen LogP contribution >= 0.6 is 11.6 Å². The fraction of sp³-hybridized carbons (Fsp3) is 0.571. The number of likely N-dealkylation sites (tertiary alicyclic amines) is 1. The molecule has 0 spiro atoms. The number of aliphatic hydroxyl groups excluding tert-OH is 1. The molecule has 6 heteroatoms. The molecule has 1 fully saturated rings. The maximum atomic E-state index is 12.2. The number of piperidine rings is 1. The van der Waals surface area contributed by atoms with Crippen molar-refractivity contribution in [1.29, 1.82) is 0 Å². The number of anilines is 1. The summed E-state index contributed by atoms with van der Waals surface area (Å²) >= 11 is 5.76. The second-order valence-electron chi connectivity index (χ2n) is 5.07. The average molecular weight is 298 g/mol. The predicted octanol–water partition coefficient (Wildman–Crippen LogP) is 1.77. The molecular weight excluding hydrogens is 278 g/mol. The fourth-order valence-corrected chi connectivity index (χ4v) is 2.56. The molecule has 1 aromatic heterocycles. The van der Waals surface area contributed by atoms with Crippen molar-refractivity contribution in [2.45, 2.75) is 19.3 Å². The van der Waals surface area contributed by atoms with E-state index in [4.69, 9.17) is 16.7 Å². The fourth-order valence-electron chi connectivity index (χ4n) is 2.45. The van der Waals surface area contributed by atoms with Crippen LogP contribution in [-0.4, -0.2) is 47.1 Å². The number of aromatic nitrogens is 1. The summed E-state index contributed by atoms with van der Waals surface area (Å²) in [4.78, 5) is 18.5. The van der Waals surface area contributed by atoms with E-state index in [9.17, 15) is 4.79 Å². The quantitative estimate of drug-likeness (QED) is 0.869. The Morgan fingerprint density at radius 1 is 1.55 bits per heavy atom. The van der Waals surface area contributed by atoms with Gasteiger partial charge in [0.1, 0.15) is 5.82 Å². The molecule has 1 unspecified atom stereocenters. The zero-order valence-electron chi connectivity index (χ0n) is 11.4. The minimum absolute atomic E-state index is 0.00789. The Hall–Kier alpha value is -1.17. The first-order valence-electron chi connectivity index (χ1n) is 6.94. The van der Waals surface area contributed by atoms with Gasteiger partial charge in [0, 0.05) is 25.9 Å². The zero-order chi connectivity index (χ0) is 14.4. The number of nitrogens with one attached hydrogen (secondary N) is 1. The molecule has 2 heterocycles. The van der Waals surface area contributed by atoms with E-state index in [1.54, 1.807) is 12.1 Å². The number of pyridine rings is 1. The monoisotopic (exact) mass is 297 g/mol. The summed E-state index contributed by atoms with van der Waals surface area (Å²) < 4.78 is 0. The van der Waals surface area contributed by atoms with Crippen LogP contribution < -0.4 is 5.32 Å². The van der Waals surface area contributed by atoms with Crippen LogP contribution in [0.25, 0.3) is 0 Å². The molecule has 1 saturated heterocycles. The molecule has 0 aliphatic carbocycles. The van der Waals surface area contributed by atoms with Gasteiger partial charge in [-0.15, -0.1) is 0 Å². The van der Waals surface area contributed by atoms with E-state index in [0.29, 0.717) is 10.8 Å². The van der Waals surface area contributed by atoms with Gasteiger partial charge in [0.15, 0.2) is 0 Å². The maximum absolute atomic E-state index is 12.2. The SMILES string of the molecule is O=C(Nc1ccc(Cl)cn1)C1CCCN(CCCO)C1. The van der Waals surface area contributed by atoms with E-state index in [1.807, 2.05) is 0 Å². The molecule has 1 aliphatic rings. The Morgan fingerprint density at radius 3 is 3.10 bits per heavy atom. The van der Waals surface area contributed by atoms with Crippen LogP contribution in [-0.2, 0) is 4.79 Å². The highest BCUT2D eigenvalue weighted by atomic mass is 35.5. The van der Waals surface area contributed by atoms with E-state index in [2.05, 4.69) is 15.2 Å². The molecule has 1 aliphatic heterocycles. The van der Waals surface area contributed by atoms with Crippen molar-refractivity contribution in [3.8, 4) is 0 Å². The number of carbonyl (C=O) groups excluding carboxylic acids is 1. The number of rotatable bonds is 5. The van der Waals surface area contributed by atoms with Crippen LogP contribution in [0.3, 0.4) is 0 Å². The smallest absolute Gasteiger partial charge is 0.229 e. The van der Waals surface area contributed by atoms with Crippen LogP contribution in [0.2, 0.25) is 5.02 Å². The van der Waals surface area contributed by atoms with Crippen molar-refractivity contribution in [2.75, 3.05) is 31.6 Å². The third-order valence-corrected chi connectivity index (χ3v) is 3.71. The lowest BCUT2D eigenvalue weighted by molar-refractivity contribution is -0.121. The molecule has 5 nitrogen and oxygen atoms in total. The first-order chi connectivity index (χ1) is 9.69. The standard InChI is InChI=1S/C14H20ClN3O2/c15-12-4-5-13(16-9-12)17-14(20)11-3-1-6-18(10-11)7-2-8-19/h4-5,9,11,19H,1-3,6-8,10H2,(H,16,17,20). The summed E-state index contributed by atoms with van der Waals surface area (Å²) in [6.07, 6.45) is 4.19. The van der Waals surface area contributed by atoms with Gasteiger partial charge >= 0.3 is 0 Å². The molecule has 0 aromatic carbocycles. The van der Waals surface area contributed by atoms with Gasteiger partial charge in [-0.1, -0.05) is 11.6 Å². The highest BCUT2D eigenvalue weighted by molar-refractivity contribution is 6.30. The molecular formula is C14H20ClN3O2. The lowest BCUT2D eigenvalue weighted by Crippen LogP contribution is -2.41. The number of hydrogen-bond donors (Lipinski definition) is 2. The van der Waals surface area contributed by atoms with Gasteiger partial charge in [-0.2, -0.15) is 0 Å². The van der Waals surface area contributed by atoms with Gasteiger partial charge in [-0.3, -0.25) is 4.79 Å². The van der Waals surface area contributed by atoms with Crippen molar-refractivity contribution in [3.63, 3.8) is 0 Å². The summed E-state index contributed by atoms with van der Waals surface area (Å²) in [5.74, 6) is 0.528. The molecule has 0 radical (unpaired) electrons. The topological polar surface area (TPSA) is 65.5 Å². The molecule has 1 aromatic rings. The lowest BCUT2D eigenvalue weighted by atomic mass is 9.97. The molecule has 2 N–H and O–H groups in total. The Kier molecular flexibility index (Phi) is 5.76. The largest absolute Gasteiger partial charge is 0.396 e. The van der Waals surface area contributed by atoms with Crippen LogP contribution in [0.1, 0.15) is 19.3 Å². The van der Waals surface area contributed by atoms with Gasteiger partial charge < -0.3 is 15.3 Å². The first-order valence-corrected chi connectivity index (χ1v) is 7.32. The number of hydrogen-bond acceptors (Lipinski definition) is 4. The summed E-state index contributed by atoms with van der Waals surface area (Å²) in [7, 11) is 0. The molecule has 0 bridgehead atoms. The minimum atomic E-state index is -0.0140. The van der Waals surface area contributed by atoms with E-state index in [0.717, 1.165) is 38.9 Å². The van der Waals surface area contributed by atoms with Crippen LogP contribution in [0, 0.1) is 5.92 Å². The highest BCUT2D eigenvalue weighted by Crippen LogP contribution is 2.19. The zero-order valence-corrected chi connectivity index (χ0v) is 12.1. The summed E-state index contributed by atoms with van der Waals surface area (Å²) in [6.45, 7) is 2.80. The van der Waals surface area contributed by atoms with Crippen molar-refractivity contribution in [2.24, 2.45) is 5.92 Å². The van der Waals surface area contributed by atoms with Crippen LogP contribution in [0.4, 0.5) is 5.82 Å². The predicted molar refractivity (Wildman–Crippen MR) is 78.7 cm³/mol. The van der Waals surface area contributed by atoms with E-state index < -0.39 is 0 Å². The third-order valence-electron chi connectivity index (χ3n) is 3.49. The minimum Gasteiger partial charge on any atom is -0.396 e. The molecule has 2 rings (SSSR count). The Morgan fingerprint density at radius 2 is 2.40 bits per heavy atom. The first kappa shape index (κ1) is 15.2. The summed E-state index contributed by atoms with van der Waals surface area (Å²) in [5, 5.41) is 12.2. The molecule has 1 atom stereocenters. The highest BCUT2D eigenvalue weighted by Gasteiger charge is 2.25. The van der Waals surface area contributed by atoms with Crippen molar-refractivity contribution < 1.29 is 9.90 Å². The second-order valence-corrected chi connectivity index (χ2v) is 5.50. The Labute approximate surface area is 123 Å². The maximum Gasteiger partial charge on any atom is 0.229 e. The van der Waals surface area contributed by atoms with E-state index in [1.165, 1.54) is 6.20 Å².